The Labute approximate surface area is 81.3 Å². The Balaban J connectivity index is 2.59. The van der Waals surface area contributed by atoms with E-state index >= 15 is 0 Å². The number of rotatable bonds is 2. The molecule has 13 heavy (non-hydrogen) atoms. The van der Waals surface area contributed by atoms with E-state index in [0.717, 1.165) is 26.2 Å². The molecule has 1 rings (SSSR count). The molecule has 1 saturated heterocycles. The van der Waals surface area contributed by atoms with Crippen molar-refractivity contribution >= 4 is 0 Å². The molecule has 0 saturated carbocycles. The predicted molar refractivity (Wildman–Crippen MR) is 54.8 cm³/mol. The van der Waals surface area contributed by atoms with Crippen LogP contribution < -0.4 is 0 Å². The maximum Gasteiger partial charge on any atom is 0.0599 e. The third-order valence-electron chi connectivity index (χ3n) is 2.83. The molecule has 0 aliphatic carbocycles. The van der Waals surface area contributed by atoms with Crippen LogP contribution in [0.25, 0.3) is 0 Å². The zero-order chi connectivity index (χ0) is 9.84. The molecule has 3 heteroatoms. The highest BCUT2D eigenvalue weighted by Gasteiger charge is 2.24. The van der Waals surface area contributed by atoms with Crippen molar-refractivity contribution in [1.29, 1.82) is 0 Å². The van der Waals surface area contributed by atoms with Crippen LogP contribution in [0.3, 0.4) is 0 Å². The minimum Gasteiger partial charge on any atom is -0.395 e. The van der Waals surface area contributed by atoms with Crippen molar-refractivity contribution in [3.63, 3.8) is 0 Å². The first-order valence-electron chi connectivity index (χ1n) is 5.20. The van der Waals surface area contributed by atoms with E-state index < -0.39 is 0 Å². The second-order valence-electron chi connectivity index (χ2n) is 4.25. The van der Waals surface area contributed by atoms with Crippen LogP contribution in [0.1, 0.15) is 13.8 Å². The number of aliphatic hydroxyl groups excluding tert-OH is 1. The molecule has 1 aliphatic rings. The standard InChI is InChI=1S/C10H22N2O/c1-4-12-6-9(2)5-11(3)7-10(12)8-13/h9-10,13H,4-8H2,1-3H3. The highest BCUT2D eigenvalue weighted by Crippen LogP contribution is 2.12. The average molecular weight is 186 g/mol. The van der Waals surface area contributed by atoms with E-state index in [1.807, 2.05) is 0 Å². The summed E-state index contributed by atoms with van der Waals surface area (Å²) in [5.41, 5.74) is 0. The van der Waals surface area contributed by atoms with Gasteiger partial charge in [0.2, 0.25) is 0 Å². The third kappa shape index (κ3) is 2.93. The van der Waals surface area contributed by atoms with Gasteiger partial charge >= 0.3 is 0 Å². The molecule has 78 valence electrons. The largest absolute Gasteiger partial charge is 0.395 e. The lowest BCUT2D eigenvalue weighted by atomic mass is 10.1. The zero-order valence-corrected chi connectivity index (χ0v) is 9.03. The molecule has 0 radical (unpaired) electrons. The van der Waals surface area contributed by atoms with Crippen molar-refractivity contribution in [1.82, 2.24) is 9.80 Å². The molecule has 0 spiro atoms. The fourth-order valence-electron chi connectivity index (χ4n) is 2.25. The fourth-order valence-corrected chi connectivity index (χ4v) is 2.25. The first-order valence-corrected chi connectivity index (χ1v) is 5.20. The van der Waals surface area contributed by atoms with Gasteiger partial charge in [0.15, 0.2) is 0 Å². The van der Waals surface area contributed by atoms with Gasteiger partial charge in [-0.1, -0.05) is 13.8 Å². The minimum absolute atomic E-state index is 0.283. The molecule has 0 aromatic carbocycles. The van der Waals surface area contributed by atoms with Crippen LogP contribution in [0.2, 0.25) is 0 Å². The number of nitrogens with zero attached hydrogens (tertiary/aromatic N) is 2. The highest BCUT2D eigenvalue weighted by atomic mass is 16.3. The molecule has 1 aliphatic heterocycles. The summed E-state index contributed by atoms with van der Waals surface area (Å²) in [7, 11) is 2.14. The smallest absolute Gasteiger partial charge is 0.0599 e. The van der Waals surface area contributed by atoms with Crippen molar-refractivity contribution in [3.8, 4) is 0 Å². The SMILES string of the molecule is CCN1CC(C)CN(C)CC1CO. The zero-order valence-electron chi connectivity index (χ0n) is 9.03. The van der Waals surface area contributed by atoms with E-state index in [9.17, 15) is 5.11 Å². The summed E-state index contributed by atoms with van der Waals surface area (Å²) in [6.07, 6.45) is 0. The highest BCUT2D eigenvalue weighted by molar-refractivity contribution is 4.79. The molecule has 1 N–H and O–H groups in total. The van der Waals surface area contributed by atoms with Gasteiger partial charge in [0.25, 0.3) is 0 Å². The number of likely N-dealkylation sites (N-methyl/N-ethyl adjacent to an activating group) is 2. The van der Waals surface area contributed by atoms with Crippen molar-refractivity contribution in [2.45, 2.75) is 19.9 Å². The molecule has 0 amide bonds. The molecular weight excluding hydrogens is 164 g/mol. The number of hydrogen-bond donors (Lipinski definition) is 1. The van der Waals surface area contributed by atoms with Gasteiger partial charge in [-0.3, -0.25) is 4.90 Å². The first-order chi connectivity index (χ1) is 6.17. The van der Waals surface area contributed by atoms with E-state index in [1.54, 1.807) is 0 Å². The normalized spacial score (nSPS) is 33.2. The van der Waals surface area contributed by atoms with Crippen molar-refractivity contribution in [2.75, 3.05) is 39.8 Å². The topological polar surface area (TPSA) is 26.7 Å². The van der Waals surface area contributed by atoms with Gasteiger partial charge in [-0.25, -0.2) is 0 Å². The summed E-state index contributed by atoms with van der Waals surface area (Å²) in [4.78, 5) is 4.70. The van der Waals surface area contributed by atoms with Crippen LogP contribution in [0.15, 0.2) is 0 Å². The maximum atomic E-state index is 9.25. The maximum absolute atomic E-state index is 9.25. The summed E-state index contributed by atoms with van der Waals surface area (Å²) < 4.78 is 0. The average Bonchev–Trinajstić information content (AvgIpc) is 2.23. The molecule has 1 heterocycles. The quantitative estimate of drug-likeness (QED) is 0.670. The van der Waals surface area contributed by atoms with Gasteiger partial charge in [-0.2, -0.15) is 0 Å². The fraction of sp³-hybridized carbons (Fsp3) is 1.00. The summed E-state index contributed by atoms with van der Waals surface area (Å²) in [6.45, 7) is 9.03. The van der Waals surface area contributed by atoms with Gasteiger partial charge in [0.1, 0.15) is 0 Å². The first kappa shape index (κ1) is 11.0. The van der Waals surface area contributed by atoms with Crippen LogP contribution in [-0.2, 0) is 0 Å². The summed E-state index contributed by atoms with van der Waals surface area (Å²) in [5, 5.41) is 9.25. The summed E-state index contributed by atoms with van der Waals surface area (Å²) in [5.74, 6) is 0.710. The van der Waals surface area contributed by atoms with Crippen LogP contribution >= 0.6 is 0 Å². The number of aliphatic hydroxyl groups is 1. The number of hydrogen-bond acceptors (Lipinski definition) is 3. The van der Waals surface area contributed by atoms with E-state index in [-0.39, 0.29) is 6.61 Å². The second kappa shape index (κ2) is 4.94. The Morgan fingerprint density at radius 2 is 2.00 bits per heavy atom. The van der Waals surface area contributed by atoms with Crippen molar-refractivity contribution in [3.05, 3.63) is 0 Å². The lowest BCUT2D eigenvalue weighted by Gasteiger charge is -2.28. The molecule has 2 unspecified atom stereocenters. The van der Waals surface area contributed by atoms with E-state index in [4.69, 9.17) is 0 Å². The lowest BCUT2D eigenvalue weighted by Crippen LogP contribution is -2.42. The second-order valence-corrected chi connectivity index (χ2v) is 4.25. The third-order valence-corrected chi connectivity index (χ3v) is 2.83. The van der Waals surface area contributed by atoms with Gasteiger partial charge < -0.3 is 10.0 Å². The Kier molecular flexibility index (Phi) is 4.16. The van der Waals surface area contributed by atoms with Crippen LogP contribution in [0.4, 0.5) is 0 Å². The van der Waals surface area contributed by atoms with E-state index in [1.165, 1.54) is 0 Å². The molecule has 1 fully saturated rings. The van der Waals surface area contributed by atoms with Crippen LogP contribution in [0, 0.1) is 5.92 Å². The Morgan fingerprint density at radius 1 is 1.31 bits per heavy atom. The van der Waals surface area contributed by atoms with Gasteiger partial charge in [-0.15, -0.1) is 0 Å². The summed E-state index contributed by atoms with van der Waals surface area (Å²) in [6, 6.07) is 0.333. The van der Waals surface area contributed by atoms with E-state index in [0.29, 0.717) is 12.0 Å². The molecule has 0 bridgehead atoms. The lowest BCUT2D eigenvalue weighted by molar-refractivity contribution is 0.119. The monoisotopic (exact) mass is 186 g/mol. The predicted octanol–water partition coefficient (Wildman–Crippen LogP) is 0.251. The minimum atomic E-state index is 0.283. The molecule has 0 aromatic rings. The molecule has 3 nitrogen and oxygen atoms in total. The van der Waals surface area contributed by atoms with Gasteiger partial charge in [0.05, 0.1) is 6.61 Å². The van der Waals surface area contributed by atoms with Crippen molar-refractivity contribution in [2.24, 2.45) is 5.92 Å². The molecule has 0 aromatic heterocycles. The van der Waals surface area contributed by atoms with Gasteiger partial charge in [0, 0.05) is 25.7 Å². The van der Waals surface area contributed by atoms with Crippen LogP contribution in [-0.4, -0.2) is 60.8 Å². The molecular formula is C10H22N2O. The van der Waals surface area contributed by atoms with Crippen molar-refractivity contribution < 1.29 is 5.11 Å². The molecule has 2 atom stereocenters. The Morgan fingerprint density at radius 3 is 2.54 bits per heavy atom. The van der Waals surface area contributed by atoms with Gasteiger partial charge in [-0.05, 0) is 19.5 Å². The Bertz CT molecular complexity index is 136. The van der Waals surface area contributed by atoms with Crippen LogP contribution in [0.5, 0.6) is 0 Å². The summed E-state index contributed by atoms with van der Waals surface area (Å²) >= 11 is 0. The Hall–Kier alpha value is -0.120. The van der Waals surface area contributed by atoms with E-state index in [2.05, 4.69) is 30.7 Å².